The number of carbonyl (C=O) groups is 2. The Morgan fingerprint density at radius 3 is 2.71 bits per heavy atom. The molecule has 0 spiro atoms. The topological polar surface area (TPSA) is 64.4 Å². The van der Waals surface area contributed by atoms with Gasteiger partial charge in [0.2, 0.25) is 0 Å². The normalized spacial score (nSPS) is 10.1. The van der Waals surface area contributed by atoms with Crippen molar-refractivity contribution in [1.29, 1.82) is 0 Å². The fourth-order valence-corrected chi connectivity index (χ4v) is 1.84. The quantitative estimate of drug-likeness (QED) is 0.604. The Hall–Kier alpha value is -1.50. The van der Waals surface area contributed by atoms with Gasteiger partial charge in [-0.1, -0.05) is 0 Å². The summed E-state index contributed by atoms with van der Waals surface area (Å²) in [6.07, 6.45) is 1.41. The van der Waals surface area contributed by atoms with Crippen molar-refractivity contribution in [2.45, 2.75) is 11.9 Å². The van der Waals surface area contributed by atoms with Crippen LogP contribution in [0, 0.1) is 0 Å². The Morgan fingerprint density at radius 2 is 2.18 bits per heavy atom. The van der Waals surface area contributed by atoms with Gasteiger partial charge in [0.05, 0.1) is 12.8 Å². The molecule has 0 N–H and O–H groups in total. The van der Waals surface area contributed by atoms with Gasteiger partial charge in [-0.25, -0.2) is 4.79 Å². The van der Waals surface area contributed by atoms with Crippen molar-refractivity contribution in [2.24, 2.45) is 7.05 Å². The van der Waals surface area contributed by atoms with Gasteiger partial charge in [-0.2, -0.15) is 5.10 Å². The molecule has 0 fully saturated rings. The molecule has 1 heterocycles. The van der Waals surface area contributed by atoms with Gasteiger partial charge in [-0.05, 0) is 18.7 Å². The van der Waals surface area contributed by atoms with E-state index in [4.69, 9.17) is 4.74 Å². The number of esters is 1. The van der Waals surface area contributed by atoms with Crippen molar-refractivity contribution in [1.82, 2.24) is 14.7 Å². The summed E-state index contributed by atoms with van der Waals surface area (Å²) in [5.74, 6) is -0.463. The van der Waals surface area contributed by atoms with Gasteiger partial charge >= 0.3 is 5.97 Å². The SMILES string of the molecule is CCOC(=O)c1cnn(C)c1SC(=O)N(C)C. The second-order valence-corrected chi connectivity index (χ2v) is 4.41. The first-order valence-corrected chi connectivity index (χ1v) is 5.87. The average Bonchev–Trinajstić information content (AvgIpc) is 2.61. The van der Waals surface area contributed by atoms with E-state index in [9.17, 15) is 9.59 Å². The highest BCUT2D eigenvalue weighted by Crippen LogP contribution is 2.24. The van der Waals surface area contributed by atoms with E-state index in [1.54, 1.807) is 28.1 Å². The molecular weight excluding hydrogens is 242 g/mol. The lowest BCUT2D eigenvalue weighted by molar-refractivity contribution is 0.0522. The van der Waals surface area contributed by atoms with Gasteiger partial charge in [0.25, 0.3) is 5.24 Å². The molecule has 0 bridgehead atoms. The molecule has 94 valence electrons. The number of thioether (sulfide) groups is 1. The number of ether oxygens (including phenoxy) is 1. The lowest BCUT2D eigenvalue weighted by atomic mass is 10.4. The van der Waals surface area contributed by atoms with Crippen molar-refractivity contribution < 1.29 is 14.3 Å². The maximum atomic E-state index is 11.6. The Labute approximate surface area is 104 Å². The van der Waals surface area contributed by atoms with Crippen LogP contribution in [0.25, 0.3) is 0 Å². The monoisotopic (exact) mass is 257 g/mol. The molecule has 0 aliphatic carbocycles. The highest BCUT2D eigenvalue weighted by Gasteiger charge is 2.21. The van der Waals surface area contributed by atoms with Crippen molar-refractivity contribution in [3.8, 4) is 0 Å². The zero-order valence-corrected chi connectivity index (χ0v) is 11.1. The smallest absolute Gasteiger partial charge is 0.342 e. The maximum Gasteiger partial charge on any atom is 0.342 e. The first kappa shape index (κ1) is 13.6. The van der Waals surface area contributed by atoms with E-state index in [-0.39, 0.29) is 5.24 Å². The Morgan fingerprint density at radius 1 is 1.53 bits per heavy atom. The molecular formula is C10H15N3O3S. The molecule has 1 aromatic rings. The first-order chi connectivity index (χ1) is 7.97. The molecule has 0 radical (unpaired) electrons. The lowest BCUT2D eigenvalue weighted by Crippen LogP contribution is -2.17. The highest BCUT2D eigenvalue weighted by molar-refractivity contribution is 8.13. The molecule has 1 aromatic heterocycles. The van der Waals surface area contributed by atoms with Crippen molar-refractivity contribution in [2.75, 3.05) is 20.7 Å². The second-order valence-electron chi connectivity index (χ2n) is 3.47. The van der Waals surface area contributed by atoms with Crippen LogP contribution in [0.1, 0.15) is 17.3 Å². The number of aromatic nitrogens is 2. The van der Waals surface area contributed by atoms with Crippen molar-refractivity contribution in [3.05, 3.63) is 11.8 Å². The van der Waals surface area contributed by atoms with E-state index >= 15 is 0 Å². The summed E-state index contributed by atoms with van der Waals surface area (Å²) in [6, 6.07) is 0. The molecule has 0 atom stereocenters. The molecule has 0 aliphatic heterocycles. The van der Waals surface area contributed by atoms with Crippen LogP contribution in [-0.2, 0) is 11.8 Å². The van der Waals surface area contributed by atoms with Crippen molar-refractivity contribution >= 4 is 23.0 Å². The van der Waals surface area contributed by atoms with Gasteiger partial charge in [0.1, 0.15) is 10.6 Å². The van der Waals surface area contributed by atoms with Crippen LogP contribution in [0.2, 0.25) is 0 Å². The van der Waals surface area contributed by atoms with Crippen molar-refractivity contribution in [3.63, 3.8) is 0 Å². The molecule has 1 amide bonds. The van der Waals surface area contributed by atoms with E-state index in [1.165, 1.54) is 15.8 Å². The summed E-state index contributed by atoms with van der Waals surface area (Å²) >= 11 is 0.952. The minimum Gasteiger partial charge on any atom is -0.462 e. The standard InChI is InChI=1S/C10H15N3O3S/c1-5-16-9(14)7-6-11-13(4)8(7)17-10(15)12(2)3/h6H,5H2,1-4H3. The highest BCUT2D eigenvalue weighted by atomic mass is 32.2. The molecule has 1 rings (SSSR count). The number of carbonyl (C=O) groups excluding carboxylic acids is 2. The molecule has 0 saturated heterocycles. The average molecular weight is 257 g/mol. The van der Waals surface area contributed by atoms with Gasteiger partial charge < -0.3 is 9.64 Å². The zero-order chi connectivity index (χ0) is 13.0. The summed E-state index contributed by atoms with van der Waals surface area (Å²) in [4.78, 5) is 24.6. The van der Waals surface area contributed by atoms with E-state index in [0.29, 0.717) is 17.2 Å². The number of rotatable bonds is 3. The van der Waals surface area contributed by atoms with Crippen LogP contribution in [0.15, 0.2) is 11.2 Å². The first-order valence-electron chi connectivity index (χ1n) is 5.05. The van der Waals surface area contributed by atoms with Crippen LogP contribution in [-0.4, -0.2) is 46.6 Å². The Kier molecular flexibility index (Phi) is 4.56. The third-order valence-corrected chi connectivity index (χ3v) is 3.15. The van der Waals surface area contributed by atoms with Crippen LogP contribution < -0.4 is 0 Å². The lowest BCUT2D eigenvalue weighted by Gasteiger charge is -2.10. The minimum absolute atomic E-state index is 0.167. The number of nitrogens with zero attached hydrogens (tertiary/aromatic N) is 3. The third kappa shape index (κ3) is 3.23. The van der Waals surface area contributed by atoms with Gasteiger partial charge in [0.15, 0.2) is 0 Å². The Bertz CT molecular complexity index is 428. The van der Waals surface area contributed by atoms with Crippen LogP contribution >= 0.6 is 11.8 Å². The molecule has 0 unspecified atom stereocenters. The number of hydrogen-bond acceptors (Lipinski definition) is 5. The van der Waals surface area contributed by atoms with Gasteiger partial charge in [-0.15, -0.1) is 0 Å². The predicted octanol–water partition coefficient (Wildman–Crippen LogP) is 1.37. The van der Waals surface area contributed by atoms with E-state index < -0.39 is 5.97 Å². The number of hydrogen-bond donors (Lipinski definition) is 0. The minimum atomic E-state index is -0.463. The van der Waals surface area contributed by atoms with Crippen LogP contribution in [0.5, 0.6) is 0 Å². The summed E-state index contributed by atoms with van der Waals surface area (Å²) < 4.78 is 6.38. The fraction of sp³-hybridized carbons (Fsp3) is 0.500. The third-order valence-electron chi connectivity index (χ3n) is 1.93. The zero-order valence-electron chi connectivity index (χ0n) is 10.3. The van der Waals surface area contributed by atoms with E-state index in [0.717, 1.165) is 11.8 Å². The summed E-state index contributed by atoms with van der Waals surface area (Å²) in [5, 5.41) is 4.28. The molecule has 0 aliphatic rings. The van der Waals surface area contributed by atoms with E-state index in [1.807, 2.05) is 0 Å². The number of amides is 1. The van der Waals surface area contributed by atoms with E-state index in [2.05, 4.69) is 5.10 Å². The second kappa shape index (κ2) is 5.72. The van der Waals surface area contributed by atoms with Gasteiger partial charge in [-0.3, -0.25) is 9.48 Å². The molecule has 6 nitrogen and oxygen atoms in total. The van der Waals surface area contributed by atoms with Crippen LogP contribution in [0.4, 0.5) is 4.79 Å². The maximum absolute atomic E-state index is 11.6. The predicted molar refractivity (Wildman–Crippen MR) is 64.1 cm³/mol. The molecule has 7 heteroatoms. The number of aryl methyl sites for hydroxylation is 1. The molecule has 0 aromatic carbocycles. The van der Waals surface area contributed by atoms with Crippen LogP contribution in [0.3, 0.4) is 0 Å². The summed E-state index contributed by atoms with van der Waals surface area (Å²) in [6.45, 7) is 2.02. The summed E-state index contributed by atoms with van der Waals surface area (Å²) in [7, 11) is 4.97. The summed E-state index contributed by atoms with van der Waals surface area (Å²) in [5.41, 5.74) is 0.314. The fourth-order valence-electron chi connectivity index (χ4n) is 1.07. The molecule has 17 heavy (non-hydrogen) atoms. The molecule has 0 saturated carbocycles. The van der Waals surface area contributed by atoms with Gasteiger partial charge in [0, 0.05) is 21.1 Å². The largest absolute Gasteiger partial charge is 0.462 e. The Balaban J connectivity index is 2.94.